The van der Waals surface area contributed by atoms with E-state index in [0.717, 1.165) is 43.9 Å². The Morgan fingerprint density at radius 2 is 1.61 bits per heavy atom. The van der Waals surface area contributed by atoms with Crippen LogP contribution in [0.15, 0.2) is 72.8 Å². The first kappa shape index (κ1) is 20.8. The van der Waals surface area contributed by atoms with Gasteiger partial charge < -0.3 is 10.6 Å². The number of hydrogen-bond donors (Lipinski definition) is 2. The van der Waals surface area contributed by atoms with Gasteiger partial charge in [0, 0.05) is 39.3 Å². The maximum Gasteiger partial charge on any atom is 0.252 e. The average molecular weight is 411 g/mol. The third-order valence-corrected chi connectivity index (χ3v) is 5.55. The SMILES string of the molecule is N#Cc1ccccc1C(=O)NCc1cccc(-c2cccc(CN3CCNCC3)c2)c1. The molecule has 0 spiro atoms. The largest absolute Gasteiger partial charge is 0.348 e. The Morgan fingerprint density at radius 1 is 0.935 bits per heavy atom. The van der Waals surface area contributed by atoms with E-state index in [9.17, 15) is 10.1 Å². The molecule has 0 atom stereocenters. The number of hydrogen-bond acceptors (Lipinski definition) is 4. The summed E-state index contributed by atoms with van der Waals surface area (Å²) in [6.07, 6.45) is 0. The van der Waals surface area contributed by atoms with Crippen LogP contribution in [0.25, 0.3) is 11.1 Å². The van der Waals surface area contributed by atoms with Gasteiger partial charge in [0.1, 0.15) is 0 Å². The lowest BCUT2D eigenvalue weighted by Crippen LogP contribution is -2.42. The Labute approximate surface area is 183 Å². The van der Waals surface area contributed by atoms with Crippen molar-refractivity contribution in [1.82, 2.24) is 15.5 Å². The van der Waals surface area contributed by atoms with Gasteiger partial charge in [0.05, 0.1) is 17.2 Å². The van der Waals surface area contributed by atoms with Gasteiger partial charge in [-0.25, -0.2) is 0 Å². The molecule has 3 aromatic rings. The van der Waals surface area contributed by atoms with Gasteiger partial charge in [-0.05, 0) is 46.5 Å². The molecule has 31 heavy (non-hydrogen) atoms. The van der Waals surface area contributed by atoms with E-state index < -0.39 is 0 Å². The minimum Gasteiger partial charge on any atom is -0.348 e. The van der Waals surface area contributed by atoms with E-state index in [-0.39, 0.29) is 5.91 Å². The molecule has 0 saturated carbocycles. The van der Waals surface area contributed by atoms with Gasteiger partial charge in [-0.3, -0.25) is 9.69 Å². The fourth-order valence-corrected chi connectivity index (χ4v) is 3.89. The van der Waals surface area contributed by atoms with Gasteiger partial charge in [0.25, 0.3) is 5.91 Å². The standard InChI is InChI=1S/C26H26N4O/c27-17-24-7-1-2-10-25(24)26(31)29-18-20-5-3-8-22(15-20)23-9-4-6-21(16-23)19-30-13-11-28-12-14-30/h1-10,15-16,28H,11-14,18-19H2,(H,29,31). The molecule has 1 heterocycles. The minimum absolute atomic E-state index is 0.236. The van der Waals surface area contributed by atoms with E-state index in [2.05, 4.69) is 58.0 Å². The number of rotatable bonds is 6. The van der Waals surface area contributed by atoms with E-state index >= 15 is 0 Å². The molecule has 1 saturated heterocycles. The summed E-state index contributed by atoms with van der Waals surface area (Å²) in [5, 5.41) is 15.5. The first-order valence-corrected chi connectivity index (χ1v) is 10.6. The van der Waals surface area contributed by atoms with Gasteiger partial charge in [-0.1, -0.05) is 48.5 Å². The van der Waals surface area contributed by atoms with E-state index in [1.807, 2.05) is 12.1 Å². The number of benzene rings is 3. The molecule has 0 aliphatic carbocycles. The van der Waals surface area contributed by atoms with Crippen molar-refractivity contribution in [2.75, 3.05) is 26.2 Å². The van der Waals surface area contributed by atoms with Crippen molar-refractivity contribution in [1.29, 1.82) is 5.26 Å². The van der Waals surface area contributed by atoms with Crippen LogP contribution in [0.2, 0.25) is 0 Å². The van der Waals surface area contributed by atoms with Crippen LogP contribution in [0.4, 0.5) is 0 Å². The zero-order valence-electron chi connectivity index (χ0n) is 17.5. The number of carbonyl (C=O) groups excluding carboxylic acids is 1. The van der Waals surface area contributed by atoms with Crippen molar-refractivity contribution in [2.45, 2.75) is 13.1 Å². The molecular weight excluding hydrogens is 384 g/mol. The highest BCUT2D eigenvalue weighted by Crippen LogP contribution is 2.22. The van der Waals surface area contributed by atoms with Crippen molar-refractivity contribution in [3.8, 4) is 17.2 Å². The molecule has 1 amide bonds. The fraction of sp³-hybridized carbons (Fsp3) is 0.231. The fourth-order valence-electron chi connectivity index (χ4n) is 3.89. The number of nitrogens with zero attached hydrogens (tertiary/aromatic N) is 2. The van der Waals surface area contributed by atoms with Crippen molar-refractivity contribution >= 4 is 5.91 Å². The van der Waals surface area contributed by atoms with Crippen LogP contribution in [0.3, 0.4) is 0 Å². The normalized spacial score (nSPS) is 14.0. The van der Waals surface area contributed by atoms with Crippen LogP contribution in [0.1, 0.15) is 27.0 Å². The number of amides is 1. The second-order valence-electron chi connectivity index (χ2n) is 7.77. The first-order chi connectivity index (χ1) is 15.2. The van der Waals surface area contributed by atoms with E-state index in [1.54, 1.807) is 24.3 Å². The summed E-state index contributed by atoms with van der Waals surface area (Å²) in [6.45, 7) is 5.62. The predicted octanol–water partition coefficient (Wildman–Crippen LogP) is 3.56. The molecule has 0 radical (unpaired) electrons. The quantitative estimate of drug-likeness (QED) is 0.652. The Morgan fingerprint density at radius 3 is 2.35 bits per heavy atom. The third kappa shape index (κ3) is 5.37. The zero-order chi connectivity index (χ0) is 21.5. The molecule has 4 rings (SSSR count). The van der Waals surface area contributed by atoms with Crippen LogP contribution in [-0.2, 0) is 13.1 Å². The lowest BCUT2D eigenvalue weighted by molar-refractivity contribution is 0.0950. The molecule has 5 heteroatoms. The molecule has 0 aromatic heterocycles. The summed E-state index contributed by atoms with van der Waals surface area (Å²) in [6, 6.07) is 25.8. The molecule has 156 valence electrons. The van der Waals surface area contributed by atoms with E-state index in [0.29, 0.717) is 17.7 Å². The summed E-state index contributed by atoms with van der Waals surface area (Å²) in [5.74, 6) is -0.236. The van der Waals surface area contributed by atoms with Crippen molar-refractivity contribution in [3.63, 3.8) is 0 Å². The van der Waals surface area contributed by atoms with E-state index in [4.69, 9.17) is 0 Å². The van der Waals surface area contributed by atoms with Gasteiger partial charge in [-0.15, -0.1) is 0 Å². The van der Waals surface area contributed by atoms with Crippen molar-refractivity contribution < 1.29 is 4.79 Å². The molecule has 1 aliphatic rings. The van der Waals surface area contributed by atoms with E-state index in [1.165, 1.54) is 11.1 Å². The minimum atomic E-state index is -0.236. The first-order valence-electron chi connectivity index (χ1n) is 10.6. The predicted molar refractivity (Wildman–Crippen MR) is 122 cm³/mol. The van der Waals surface area contributed by atoms with Gasteiger partial charge in [0.15, 0.2) is 0 Å². The molecule has 0 unspecified atom stereocenters. The number of carbonyl (C=O) groups is 1. The Balaban J connectivity index is 1.44. The monoisotopic (exact) mass is 410 g/mol. The third-order valence-electron chi connectivity index (χ3n) is 5.55. The van der Waals surface area contributed by atoms with Crippen LogP contribution >= 0.6 is 0 Å². The summed E-state index contributed by atoms with van der Waals surface area (Å²) in [7, 11) is 0. The topological polar surface area (TPSA) is 68.2 Å². The molecule has 5 nitrogen and oxygen atoms in total. The van der Waals surface area contributed by atoms with Gasteiger partial charge >= 0.3 is 0 Å². The molecule has 3 aromatic carbocycles. The lowest BCUT2D eigenvalue weighted by Gasteiger charge is -2.27. The van der Waals surface area contributed by atoms with Crippen LogP contribution < -0.4 is 10.6 Å². The second-order valence-corrected chi connectivity index (χ2v) is 7.77. The van der Waals surface area contributed by atoms with Crippen LogP contribution in [0.5, 0.6) is 0 Å². The molecule has 0 bridgehead atoms. The summed E-state index contributed by atoms with van der Waals surface area (Å²) in [4.78, 5) is 15.0. The van der Waals surface area contributed by atoms with Crippen molar-refractivity contribution in [2.24, 2.45) is 0 Å². The lowest BCUT2D eigenvalue weighted by atomic mass is 10.0. The summed E-state index contributed by atoms with van der Waals surface area (Å²) in [5.41, 5.74) is 5.43. The molecule has 1 aliphatic heterocycles. The number of nitriles is 1. The van der Waals surface area contributed by atoms with Crippen LogP contribution in [-0.4, -0.2) is 37.0 Å². The molecular formula is C26H26N4O. The molecule has 2 N–H and O–H groups in total. The summed E-state index contributed by atoms with van der Waals surface area (Å²) < 4.78 is 0. The highest BCUT2D eigenvalue weighted by molar-refractivity contribution is 5.96. The Kier molecular flexibility index (Phi) is 6.73. The maximum absolute atomic E-state index is 12.5. The Hall–Kier alpha value is -3.46. The smallest absolute Gasteiger partial charge is 0.252 e. The molecule has 1 fully saturated rings. The number of nitrogens with one attached hydrogen (secondary N) is 2. The highest BCUT2D eigenvalue weighted by Gasteiger charge is 2.12. The maximum atomic E-state index is 12.5. The average Bonchev–Trinajstić information content (AvgIpc) is 2.83. The summed E-state index contributed by atoms with van der Waals surface area (Å²) >= 11 is 0. The van der Waals surface area contributed by atoms with Gasteiger partial charge in [0.2, 0.25) is 0 Å². The highest BCUT2D eigenvalue weighted by atomic mass is 16.1. The number of piperazine rings is 1. The Bertz CT molecular complexity index is 1100. The second kappa shape index (κ2) is 10.0. The van der Waals surface area contributed by atoms with Gasteiger partial charge in [-0.2, -0.15) is 5.26 Å². The van der Waals surface area contributed by atoms with Crippen molar-refractivity contribution in [3.05, 3.63) is 95.1 Å². The van der Waals surface area contributed by atoms with Crippen LogP contribution in [0, 0.1) is 11.3 Å². The zero-order valence-corrected chi connectivity index (χ0v) is 17.5.